The van der Waals surface area contributed by atoms with Crippen LogP contribution in [0.25, 0.3) is 11.1 Å². The van der Waals surface area contributed by atoms with Crippen molar-refractivity contribution >= 4 is 40.0 Å². The van der Waals surface area contributed by atoms with Crippen LogP contribution in [0.3, 0.4) is 0 Å². The highest BCUT2D eigenvalue weighted by molar-refractivity contribution is 7.99. The minimum Gasteiger partial charge on any atom is -0.486 e. The fourth-order valence-electron chi connectivity index (χ4n) is 3.81. The number of methoxy groups -OCH3 is 1. The normalized spacial score (nSPS) is 10.7. The SMILES string of the molecule is C=CCn1c(COc2ccc(CC)cc2)nnc1SCC(=O)Nc1scc(-c2ccc(C)cc2)c1C(=O)OC. The summed E-state index contributed by atoms with van der Waals surface area (Å²) in [6.45, 7) is 8.64. The fourth-order valence-corrected chi connectivity index (χ4v) is 5.55. The van der Waals surface area contributed by atoms with E-state index in [1.807, 2.05) is 65.4 Å². The maximum atomic E-state index is 12.9. The molecule has 0 saturated carbocycles. The third-order valence-electron chi connectivity index (χ3n) is 5.93. The summed E-state index contributed by atoms with van der Waals surface area (Å²) in [6.07, 6.45) is 2.71. The maximum absolute atomic E-state index is 12.9. The predicted molar refractivity (Wildman–Crippen MR) is 156 cm³/mol. The molecule has 2 aromatic carbocycles. The van der Waals surface area contributed by atoms with E-state index >= 15 is 0 Å². The lowest BCUT2D eigenvalue weighted by atomic mass is 10.0. The van der Waals surface area contributed by atoms with Gasteiger partial charge in [-0.05, 0) is 36.6 Å². The van der Waals surface area contributed by atoms with Gasteiger partial charge in [-0.3, -0.25) is 9.36 Å². The van der Waals surface area contributed by atoms with Crippen LogP contribution in [0.1, 0.15) is 34.2 Å². The molecular weight excluding hydrogens is 532 g/mol. The molecule has 0 aliphatic carbocycles. The third kappa shape index (κ3) is 6.96. The lowest BCUT2D eigenvalue weighted by Gasteiger charge is -2.10. The van der Waals surface area contributed by atoms with E-state index in [1.165, 1.54) is 35.8 Å². The minimum absolute atomic E-state index is 0.0764. The van der Waals surface area contributed by atoms with Gasteiger partial charge in [0.15, 0.2) is 11.0 Å². The highest BCUT2D eigenvalue weighted by Crippen LogP contribution is 2.36. The van der Waals surface area contributed by atoms with Crippen molar-refractivity contribution in [3.8, 4) is 16.9 Å². The largest absolute Gasteiger partial charge is 0.486 e. The highest BCUT2D eigenvalue weighted by Gasteiger charge is 2.23. The maximum Gasteiger partial charge on any atom is 0.341 e. The Labute approximate surface area is 236 Å². The number of hydrogen-bond donors (Lipinski definition) is 1. The van der Waals surface area contributed by atoms with Crippen molar-refractivity contribution in [3.05, 3.63) is 89.1 Å². The van der Waals surface area contributed by atoms with E-state index in [0.29, 0.717) is 28.1 Å². The van der Waals surface area contributed by atoms with E-state index in [1.54, 1.807) is 6.08 Å². The van der Waals surface area contributed by atoms with Gasteiger partial charge >= 0.3 is 5.97 Å². The van der Waals surface area contributed by atoms with Gasteiger partial charge in [0.05, 0.1) is 12.9 Å². The fraction of sp³-hybridized carbons (Fsp3) is 0.241. The molecule has 2 heterocycles. The number of nitrogens with zero attached hydrogens (tertiary/aromatic N) is 3. The van der Waals surface area contributed by atoms with Gasteiger partial charge in [0.1, 0.15) is 22.9 Å². The highest BCUT2D eigenvalue weighted by atomic mass is 32.2. The van der Waals surface area contributed by atoms with Crippen LogP contribution in [0.2, 0.25) is 0 Å². The van der Waals surface area contributed by atoms with Crippen LogP contribution >= 0.6 is 23.1 Å². The first-order valence-corrected chi connectivity index (χ1v) is 14.2. The average Bonchev–Trinajstić information content (AvgIpc) is 3.55. The van der Waals surface area contributed by atoms with Crippen LogP contribution in [0.5, 0.6) is 5.75 Å². The van der Waals surface area contributed by atoms with Crippen LogP contribution in [-0.2, 0) is 29.1 Å². The molecule has 10 heteroatoms. The van der Waals surface area contributed by atoms with E-state index < -0.39 is 5.97 Å². The number of carbonyl (C=O) groups is 2. The van der Waals surface area contributed by atoms with Gasteiger partial charge in [-0.15, -0.1) is 28.1 Å². The molecule has 39 heavy (non-hydrogen) atoms. The summed E-state index contributed by atoms with van der Waals surface area (Å²) in [7, 11) is 1.33. The summed E-state index contributed by atoms with van der Waals surface area (Å²) < 4.78 is 12.8. The number of ether oxygens (including phenoxy) is 2. The molecule has 0 saturated heterocycles. The zero-order chi connectivity index (χ0) is 27.8. The summed E-state index contributed by atoms with van der Waals surface area (Å²) in [5, 5.41) is 14.3. The lowest BCUT2D eigenvalue weighted by Crippen LogP contribution is -2.16. The number of allylic oxidation sites excluding steroid dienone is 1. The van der Waals surface area contributed by atoms with Crippen LogP contribution in [0.4, 0.5) is 5.00 Å². The predicted octanol–water partition coefficient (Wildman–Crippen LogP) is 6.16. The van der Waals surface area contributed by atoms with Crippen molar-refractivity contribution in [1.29, 1.82) is 0 Å². The van der Waals surface area contributed by atoms with Gasteiger partial charge < -0.3 is 14.8 Å². The Morgan fingerprint density at radius 2 is 1.87 bits per heavy atom. The topological polar surface area (TPSA) is 95.3 Å². The van der Waals surface area contributed by atoms with Crippen LogP contribution in [-0.4, -0.2) is 39.5 Å². The molecule has 202 valence electrons. The molecule has 0 spiro atoms. The number of anilines is 1. The van der Waals surface area contributed by atoms with Crippen molar-refractivity contribution < 1.29 is 19.1 Å². The Balaban J connectivity index is 1.43. The van der Waals surface area contributed by atoms with Crippen molar-refractivity contribution in [3.63, 3.8) is 0 Å². The number of thioether (sulfide) groups is 1. The number of benzene rings is 2. The van der Waals surface area contributed by atoms with Gasteiger partial charge in [0.2, 0.25) is 5.91 Å². The second kappa shape index (κ2) is 13.3. The zero-order valence-electron chi connectivity index (χ0n) is 22.1. The van der Waals surface area contributed by atoms with E-state index in [0.717, 1.165) is 28.9 Å². The Morgan fingerprint density at radius 1 is 1.13 bits per heavy atom. The second-order valence-corrected chi connectivity index (χ2v) is 10.5. The number of hydrogen-bond acceptors (Lipinski definition) is 8. The quantitative estimate of drug-likeness (QED) is 0.126. The van der Waals surface area contributed by atoms with Gasteiger partial charge in [-0.25, -0.2) is 4.79 Å². The number of thiophene rings is 1. The summed E-state index contributed by atoms with van der Waals surface area (Å²) in [4.78, 5) is 25.5. The number of rotatable bonds is 12. The molecule has 2 aromatic heterocycles. The number of esters is 1. The van der Waals surface area contributed by atoms with E-state index in [4.69, 9.17) is 9.47 Å². The Morgan fingerprint density at radius 3 is 2.54 bits per heavy atom. The smallest absolute Gasteiger partial charge is 0.341 e. The zero-order valence-corrected chi connectivity index (χ0v) is 23.7. The number of aromatic nitrogens is 3. The van der Waals surface area contributed by atoms with Crippen LogP contribution < -0.4 is 10.1 Å². The monoisotopic (exact) mass is 562 g/mol. The summed E-state index contributed by atoms with van der Waals surface area (Å²) in [6, 6.07) is 15.8. The van der Waals surface area contributed by atoms with E-state index in [9.17, 15) is 9.59 Å². The van der Waals surface area contributed by atoms with Crippen molar-refractivity contribution in [2.24, 2.45) is 0 Å². The molecule has 1 amide bonds. The van der Waals surface area contributed by atoms with Gasteiger partial charge in [-0.1, -0.05) is 66.7 Å². The summed E-state index contributed by atoms with van der Waals surface area (Å²) in [5.41, 5.74) is 4.28. The van der Waals surface area contributed by atoms with Gasteiger partial charge in [-0.2, -0.15) is 0 Å². The minimum atomic E-state index is -0.505. The average molecular weight is 563 g/mol. The molecule has 4 aromatic rings. The lowest BCUT2D eigenvalue weighted by molar-refractivity contribution is -0.113. The van der Waals surface area contributed by atoms with Crippen LogP contribution in [0.15, 0.2) is 71.7 Å². The number of nitrogens with one attached hydrogen (secondary N) is 1. The first-order chi connectivity index (χ1) is 18.9. The first kappa shape index (κ1) is 28.1. The standard InChI is InChI=1S/C29H30N4O4S2/c1-5-15-33-24(16-37-22-13-9-20(6-2)10-14-22)31-32-29(33)39-18-25(34)30-27-26(28(35)36-4)23(17-38-27)21-11-7-19(3)8-12-21/h5,7-14,17H,1,6,15-16,18H2,2-4H3,(H,30,34). The third-order valence-corrected chi connectivity index (χ3v) is 7.80. The molecule has 0 aliphatic heterocycles. The Bertz CT molecular complexity index is 1440. The molecule has 8 nitrogen and oxygen atoms in total. The molecule has 0 atom stereocenters. The number of carbonyl (C=O) groups excluding carboxylic acids is 2. The van der Waals surface area contributed by atoms with Crippen molar-refractivity contribution in [2.45, 2.75) is 38.6 Å². The number of amides is 1. The van der Waals surface area contributed by atoms with E-state index in [-0.39, 0.29) is 18.3 Å². The van der Waals surface area contributed by atoms with Gasteiger partial charge in [0.25, 0.3) is 0 Å². The number of aryl methyl sites for hydroxylation is 2. The molecule has 0 aliphatic rings. The van der Waals surface area contributed by atoms with Crippen molar-refractivity contribution in [2.75, 3.05) is 18.2 Å². The van der Waals surface area contributed by atoms with Crippen LogP contribution in [0, 0.1) is 6.92 Å². The molecule has 0 radical (unpaired) electrons. The summed E-state index contributed by atoms with van der Waals surface area (Å²) in [5.74, 6) is 0.675. The molecule has 0 fully saturated rings. The van der Waals surface area contributed by atoms with Crippen molar-refractivity contribution in [1.82, 2.24) is 14.8 Å². The Kier molecular flexibility index (Phi) is 9.56. The molecule has 4 rings (SSSR count). The van der Waals surface area contributed by atoms with Gasteiger partial charge in [0, 0.05) is 17.5 Å². The second-order valence-electron chi connectivity index (χ2n) is 8.63. The first-order valence-electron chi connectivity index (χ1n) is 12.4. The molecular formula is C29H30N4O4S2. The molecule has 1 N–H and O–H groups in total. The molecule has 0 bridgehead atoms. The summed E-state index contributed by atoms with van der Waals surface area (Å²) >= 11 is 2.53. The van der Waals surface area contributed by atoms with E-state index in [2.05, 4.69) is 29.0 Å². The molecule has 0 unspecified atom stereocenters. The Hall–Kier alpha value is -3.89.